The normalized spacial score (nSPS) is 11.4. The minimum absolute atomic E-state index is 0.194. The number of carbonyl (C=O) groups excluding carboxylic acids is 1. The van der Waals surface area contributed by atoms with Crippen molar-refractivity contribution in [2.24, 2.45) is 0 Å². The van der Waals surface area contributed by atoms with Crippen LogP contribution in [0.4, 0.5) is 0 Å². The van der Waals surface area contributed by atoms with E-state index in [-0.39, 0.29) is 5.97 Å². The standard InChI is InChI=1S/C16H28O2/c1-3-4-5-6-7-8-9-10-11-12-13-14-15-18-16(2)17/h4-5,12-13H,3,6-11,14-15H2,1-2H3/b5-4?,13-12-. The van der Waals surface area contributed by atoms with Crippen molar-refractivity contribution in [3.8, 4) is 0 Å². The molecule has 0 rings (SSSR count). The first-order valence-corrected chi connectivity index (χ1v) is 7.20. The Bertz CT molecular complexity index is 241. The third kappa shape index (κ3) is 14.9. The zero-order valence-corrected chi connectivity index (χ0v) is 12.0. The zero-order valence-electron chi connectivity index (χ0n) is 12.0. The van der Waals surface area contributed by atoms with Crippen LogP contribution in [0.25, 0.3) is 0 Å². The van der Waals surface area contributed by atoms with Gasteiger partial charge in [-0.05, 0) is 38.5 Å². The summed E-state index contributed by atoms with van der Waals surface area (Å²) >= 11 is 0. The van der Waals surface area contributed by atoms with Gasteiger partial charge in [0.2, 0.25) is 0 Å². The molecule has 0 fully saturated rings. The first-order chi connectivity index (χ1) is 8.77. The average molecular weight is 252 g/mol. The fourth-order valence-corrected chi connectivity index (χ4v) is 1.67. The summed E-state index contributed by atoms with van der Waals surface area (Å²) in [7, 11) is 0. The maximum atomic E-state index is 10.5. The van der Waals surface area contributed by atoms with Gasteiger partial charge < -0.3 is 4.74 Å². The molecule has 0 aromatic carbocycles. The van der Waals surface area contributed by atoms with Gasteiger partial charge in [0.1, 0.15) is 0 Å². The van der Waals surface area contributed by atoms with E-state index in [2.05, 4.69) is 31.2 Å². The SMILES string of the molecule is CCC=CCCCCCC/C=C\CCOC(C)=O. The number of hydrogen-bond donors (Lipinski definition) is 0. The molecular formula is C16H28O2. The summed E-state index contributed by atoms with van der Waals surface area (Å²) in [6.45, 7) is 4.12. The van der Waals surface area contributed by atoms with E-state index in [1.807, 2.05) is 0 Å². The number of ether oxygens (including phenoxy) is 1. The first-order valence-electron chi connectivity index (χ1n) is 7.20. The molecule has 0 atom stereocenters. The quantitative estimate of drug-likeness (QED) is 0.300. The molecule has 0 bridgehead atoms. The summed E-state index contributed by atoms with van der Waals surface area (Å²) < 4.78 is 4.84. The average Bonchev–Trinajstić information content (AvgIpc) is 2.34. The van der Waals surface area contributed by atoms with Crippen LogP contribution < -0.4 is 0 Å². The molecule has 104 valence electrons. The van der Waals surface area contributed by atoms with Crippen LogP contribution in [-0.4, -0.2) is 12.6 Å². The Hall–Kier alpha value is -1.05. The van der Waals surface area contributed by atoms with Crippen LogP contribution in [0, 0.1) is 0 Å². The van der Waals surface area contributed by atoms with Gasteiger partial charge in [-0.15, -0.1) is 0 Å². The molecule has 0 aromatic rings. The van der Waals surface area contributed by atoms with E-state index in [4.69, 9.17) is 4.74 Å². The minimum Gasteiger partial charge on any atom is -0.466 e. The van der Waals surface area contributed by atoms with Crippen molar-refractivity contribution in [2.75, 3.05) is 6.61 Å². The van der Waals surface area contributed by atoms with Crippen LogP contribution in [-0.2, 0) is 9.53 Å². The van der Waals surface area contributed by atoms with Crippen molar-refractivity contribution in [1.29, 1.82) is 0 Å². The van der Waals surface area contributed by atoms with Gasteiger partial charge in [0.15, 0.2) is 0 Å². The molecule has 0 N–H and O–H groups in total. The van der Waals surface area contributed by atoms with Crippen LogP contribution in [0.5, 0.6) is 0 Å². The van der Waals surface area contributed by atoms with Crippen molar-refractivity contribution in [3.05, 3.63) is 24.3 Å². The summed E-state index contributed by atoms with van der Waals surface area (Å²) in [5.74, 6) is -0.194. The van der Waals surface area contributed by atoms with Gasteiger partial charge in [-0.2, -0.15) is 0 Å². The fourth-order valence-electron chi connectivity index (χ4n) is 1.67. The van der Waals surface area contributed by atoms with Crippen LogP contribution in [0.1, 0.15) is 65.2 Å². The van der Waals surface area contributed by atoms with Crippen molar-refractivity contribution >= 4 is 5.97 Å². The molecule has 2 heteroatoms. The van der Waals surface area contributed by atoms with Crippen LogP contribution in [0.2, 0.25) is 0 Å². The molecule has 0 heterocycles. The Labute approximate surface area is 112 Å². The number of unbranched alkanes of at least 4 members (excludes halogenated alkanes) is 5. The molecular weight excluding hydrogens is 224 g/mol. The molecule has 2 nitrogen and oxygen atoms in total. The third-order valence-electron chi connectivity index (χ3n) is 2.65. The minimum atomic E-state index is -0.194. The lowest BCUT2D eigenvalue weighted by Crippen LogP contribution is -1.98. The summed E-state index contributed by atoms with van der Waals surface area (Å²) in [4.78, 5) is 10.5. The molecule has 0 saturated heterocycles. The molecule has 0 unspecified atom stereocenters. The molecule has 0 saturated carbocycles. The van der Waals surface area contributed by atoms with E-state index in [0.29, 0.717) is 6.61 Å². The van der Waals surface area contributed by atoms with Crippen molar-refractivity contribution in [2.45, 2.75) is 65.2 Å². The van der Waals surface area contributed by atoms with Crippen LogP contribution >= 0.6 is 0 Å². The molecule has 0 amide bonds. The summed E-state index contributed by atoms with van der Waals surface area (Å²) in [5, 5.41) is 0. The van der Waals surface area contributed by atoms with Crippen LogP contribution in [0.15, 0.2) is 24.3 Å². The molecule has 18 heavy (non-hydrogen) atoms. The summed E-state index contributed by atoms with van der Waals surface area (Å²) in [6, 6.07) is 0. The van der Waals surface area contributed by atoms with E-state index in [0.717, 1.165) is 19.3 Å². The monoisotopic (exact) mass is 252 g/mol. The maximum Gasteiger partial charge on any atom is 0.302 e. The van der Waals surface area contributed by atoms with Crippen molar-refractivity contribution in [3.63, 3.8) is 0 Å². The predicted octanol–water partition coefficient (Wildman–Crippen LogP) is 4.80. The number of allylic oxidation sites excluding steroid dienone is 3. The smallest absolute Gasteiger partial charge is 0.302 e. The highest BCUT2D eigenvalue weighted by Crippen LogP contribution is 2.06. The van der Waals surface area contributed by atoms with Gasteiger partial charge in [-0.3, -0.25) is 4.79 Å². The number of esters is 1. The van der Waals surface area contributed by atoms with Crippen molar-refractivity contribution in [1.82, 2.24) is 0 Å². The Morgan fingerprint density at radius 1 is 0.889 bits per heavy atom. The highest BCUT2D eigenvalue weighted by atomic mass is 16.5. The second-order valence-corrected chi connectivity index (χ2v) is 4.47. The predicted molar refractivity (Wildman–Crippen MR) is 77.5 cm³/mol. The van der Waals surface area contributed by atoms with Gasteiger partial charge in [-0.25, -0.2) is 0 Å². The van der Waals surface area contributed by atoms with E-state index < -0.39 is 0 Å². The second kappa shape index (κ2) is 14.0. The van der Waals surface area contributed by atoms with Gasteiger partial charge in [-0.1, -0.05) is 44.1 Å². The summed E-state index contributed by atoms with van der Waals surface area (Å²) in [6.07, 6.45) is 18.4. The molecule has 0 aliphatic heterocycles. The van der Waals surface area contributed by atoms with E-state index in [1.54, 1.807) is 0 Å². The van der Waals surface area contributed by atoms with Gasteiger partial charge in [0.25, 0.3) is 0 Å². The molecule has 0 spiro atoms. The Morgan fingerprint density at radius 3 is 2.00 bits per heavy atom. The topological polar surface area (TPSA) is 26.3 Å². The van der Waals surface area contributed by atoms with Gasteiger partial charge >= 0.3 is 5.97 Å². The van der Waals surface area contributed by atoms with E-state index in [1.165, 1.54) is 39.0 Å². The Balaban J connectivity index is 3.12. The number of rotatable bonds is 11. The molecule has 0 radical (unpaired) electrons. The number of carbonyl (C=O) groups is 1. The number of hydrogen-bond acceptors (Lipinski definition) is 2. The second-order valence-electron chi connectivity index (χ2n) is 4.47. The Morgan fingerprint density at radius 2 is 1.44 bits per heavy atom. The molecule has 0 aliphatic rings. The highest BCUT2D eigenvalue weighted by Gasteiger charge is 1.89. The lowest BCUT2D eigenvalue weighted by Gasteiger charge is -1.98. The molecule has 0 aliphatic carbocycles. The summed E-state index contributed by atoms with van der Waals surface area (Å²) in [5.41, 5.74) is 0. The fraction of sp³-hybridized carbons (Fsp3) is 0.688. The zero-order chi connectivity index (χ0) is 13.5. The largest absolute Gasteiger partial charge is 0.466 e. The van der Waals surface area contributed by atoms with Gasteiger partial charge in [0, 0.05) is 6.92 Å². The van der Waals surface area contributed by atoms with Crippen LogP contribution in [0.3, 0.4) is 0 Å². The third-order valence-corrected chi connectivity index (χ3v) is 2.65. The van der Waals surface area contributed by atoms with Crippen molar-refractivity contribution < 1.29 is 9.53 Å². The van der Waals surface area contributed by atoms with Gasteiger partial charge in [0.05, 0.1) is 6.61 Å². The maximum absolute atomic E-state index is 10.5. The highest BCUT2D eigenvalue weighted by molar-refractivity contribution is 5.65. The van der Waals surface area contributed by atoms with E-state index >= 15 is 0 Å². The lowest BCUT2D eigenvalue weighted by atomic mass is 10.1. The van der Waals surface area contributed by atoms with E-state index in [9.17, 15) is 4.79 Å². The first kappa shape index (κ1) is 16.9. The molecule has 0 aromatic heterocycles. The lowest BCUT2D eigenvalue weighted by molar-refractivity contribution is -0.140. The Kier molecular flexibility index (Phi) is 13.2.